The van der Waals surface area contributed by atoms with Crippen molar-refractivity contribution in [2.75, 3.05) is 13.1 Å². The number of nitrogens with zero attached hydrogens (tertiary/aromatic N) is 5. The molecule has 1 aromatic heterocycles. The van der Waals surface area contributed by atoms with Gasteiger partial charge >= 0.3 is 5.97 Å². The number of carboxylic acid groups (broad SMARTS) is 1. The molecule has 1 unspecified atom stereocenters. The Morgan fingerprint density at radius 1 is 1.29 bits per heavy atom. The van der Waals surface area contributed by atoms with Crippen molar-refractivity contribution >= 4 is 23.5 Å². The molecule has 8 nitrogen and oxygen atoms in total. The fourth-order valence-electron chi connectivity index (χ4n) is 2.23. The molecule has 1 amide bonds. The summed E-state index contributed by atoms with van der Waals surface area (Å²) < 4.78 is 0. The topological polar surface area (TPSA) is 101 Å². The molecule has 0 saturated heterocycles. The van der Waals surface area contributed by atoms with Gasteiger partial charge < -0.3 is 10.0 Å². The fraction of sp³-hybridized carbons (Fsp3) is 0.400. The number of tetrazole rings is 1. The third-order valence-electron chi connectivity index (χ3n) is 3.50. The van der Waals surface area contributed by atoms with Gasteiger partial charge in [0.25, 0.3) is 0 Å². The van der Waals surface area contributed by atoms with E-state index < -0.39 is 12.0 Å². The number of amides is 1. The zero-order valence-corrected chi connectivity index (χ0v) is 14.1. The van der Waals surface area contributed by atoms with Crippen LogP contribution < -0.4 is 0 Å². The largest absolute Gasteiger partial charge is 0.480 e. The van der Waals surface area contributed by atoms with Crippen LogP contribution in [0.15, 0.2) is 24.3 Å². The Balaban J connectivity index is 2.23. The maximum absolute atomic E-state index is 12.5. The maximum atomic E-state index is 12.5. The van der Waals surface area contributed by atoms with Crippen LogP contribution >= 0.6 is 11.6 Å². The van der Waals surface area contributed by atoms with E-state index >= 15 is 0 Å². The molecular weight excluding hydrogens is 334 g/mol. The second-order valence-corrected chi connectivity index (χ2v) is 5.55. The molecule has 9 heteroatoms. The van der Waals surface area contributed by atoms with Gasteiger partial charge in [0.2, 0.25) is 11.7 Å². The van der Waals surface area contributed by atoms with E-state index in [2.05, 4.69) is 15.4 Å². The molecule has 2 rings (SSSR count). The van der Waals surface area contributed by atoms with E-state index in [0.717, 1.165) is 5.56 Å². The van der Waals surface area contributed by atoms with Crippen molar-refractivity contribution in [3.63, 3.8) is 0 Å². The highest BCUT2D eigenvalue weighted by molar-refractivity contribution is 6.30. The minimum Gasteiger partial charge on any atom is -0.480 e. The molecule has 2 aromatic rings. The number of halogens is 1. The van der Waals surface area contributed by atoms with Crippen molar-refractivity contribution in [1.29, 1.82) is 0 Å². The molecule has 24 heavy (non-hydrogen) atoms. The van der Waals surface area contributed by atoms with Crippen LogP contribution in [-0.2, 0) is 9.59 Å². The van der Waals surface area contributed by atoms with E-state index in [0.29, 0.717) is 23.8 Å². The lowest BCUT2D eigenvalue weighted by Gasteiger charge is -2.23. The number of hydrogen-bond acceptors (Lipinski definition) is 5. The van der Waals surface area contributed by atoms with E-state index in [9.17, 15) is 9.59 Å². The first kappa shape index (κ1) is 17.9. The molecule has 0 saturated carbocycles. The van der Waals surface area contributed by atoms with Crippen molar-refractivity contribution in [3.8, 4) is 11.4 Å². The molecule has 0 radical (unpaired) electrons. The highest BCUT2D eigenvalue weighted by Gasteiger charge is 2.27. The number of likely N-dealkylation sites (N-methyl/N-ethyl adjacent to an activating group) is 1. The van der Waals surface area contributed by atoms with Gasteiger partial charge in [-0.25, -0.2) is 0 Å². The number of carbonyl (C=O) groups excluding carboxylic acids is 1. The van der Waals surface area contributed by atoms with Gasteiger partial charge in [-0.2, -0.15) is 4.80 Å². The van der Waals surface area contributed by atoms with Gasteiger partial charge in [0.15, 0.2) is 6.04 Å². The molecule has 1 aromatic carbocycles. The van der Waals surface area contributed by atoms with Crippen molar-refractivity contribution in [3.05, 3.63) is 29.3 Å². The van der Waals surface area contributed by atoms with Crippen molar-refractivity contribution in [2.45, 2.75) is 26.3 Å². The summed E-state index contributed by atoms with van der Waals surface area (Å²) in [6, 6.07) is 6.25. The highest BCUT2D eigenvalue weighted by atomic mass is 35.5. The van der Waals surface area contributed by atoms with E-state index in [1.165, 1.54) is 9.70 Å². The number of hydrogen-bond donors (Lipinski definition) is 1. The highest BCUT2D eigenvalue weighted by Crippen LogP contribution is 2.19. The minimum atomic E-state index is -1.06. The Labute approximate surface area is 144 Å². The van der Waals surface area contributed by atoms with Crippen molar-refractivity contribution in [1.82, 2.24) is 25.1 Å². The molecule has 1 heterocycles. The van der Waals surface area contributed by atoms with Crippen LogP contribution in [0.2, 0.25) is 5.02 Å². The Bertz CT molecular complexity index is 716. The van der Waals surface area contributed by atoms with Gasteiger partial charge in [-0.3, -0.25) is 9.59 Å². The summed E-state index contributed by atoms with van der Waals surface area (Å²) >= 11 is 5.85. The monoisotopic (exact) mass is 351 g/mol. The maximum Gasteiger partial charge on any atom is 0.323 e. The van der Waals surface area contributed by atoms with Crippen LogP contribution in [0.4, 0.5) is 0 Å². The van der Waals surface area contributed by atoms with Gasteiger partial charge in [0, 0.05) is 17.1 Å². The minimum absolute atomic E-state index is 0.292. The fourth-order valence-corrected chi connectivity index (χ4v) is 2.35. The summed E-state index contributed by atoms with van der Waals surface area (Å²) in [6.45, 7) is 3.47. The van der Waals surface area contributed by atoms with E-state index in [4.69, 9.17) is 16.7 Å². The second kappa shape index (κ2) is 7.87. The van der Waals surface area contributed by atoms with E-state index in [-0.39, 0.29) is 12.5 Å². The number of carbonyl (C=O) groups is 2. The molecule has 0 aliphatic heterocycles. The van der Waals surface area contributed by atoms with Crippen LogP contribution in [0.25, 0.3) is 11.4 Å². The molecule has 0 spiro atoms. The zero-order valence-electron chi connectivity index (χ0n) is 13.4. The predicted molar refractivity (Wildman–Crippen MR) is 87.5 cm³/mol. The standard InChI is InChI=1S/C15H18ClN5O3/c1-3-12(15(24)20(4-2)9-13(22)23)21-18-14(17-19-21)10-5-7-11(16)8-6-10/h5-8,12H,3-4,9H2,1-2H3,(H,22,23). The van der Waals surface area contributed by atoms with Crippen LogP contribution in [0.3, 0.4) is 0 Å². The lowest BCUT2D eigenvalue weighted by atomic mass is 10.2. The van der Waals surface area contributed by atoms with Gasteiger partial charge in [0.1, 0.15) is 6.54 Å². The first-order valence-electron chi connectivity index (χ1n) is 7.52. The smallest absolute Gasteiger partial charge is 0.323 e. The second-order valence-electron chi connectivity index (χ2n) is 5.11. The lowest BCUT2D eigenvalue weighted by molar-refractivity contribution is -0.146. The summed E-state index contributed by atoms with van der Waals surface area (Å²) in [7, 11) is 0. The number of benzene rings is 1. The SMILES string of the molecule is CCC(C(=O)N(CC)CC(=O)O)n1nnc(-c2ccc(Cl)cc2)n1. The summed E-state index contributed by atoms with van der Waals surface area (Å²) in [5, 5.41) is 21.7. The average molecular weight is 352 g/mol. The molecule has 1 N–H and O–H groups in total. The van der Waals surface area contributed by atoms with Gasteiger partial charge in [-0.1, -0.05) is 18.5 Å². The summed E-state index contributed by atoms with van der Waals surface area (Å²) in [6.07, 6.45) is 0.422. The van der Waals surface area contributed by atoms with Crippen LogP contribution in [0, 0.1) is 0 Å². The molecule has 0 aliphatic carbocycles. The first-order valence-corrected chi connectivity index (χ1v) is 7.90. The Hall–Kier alpha value is -2.48. The van der Waals surface area contributed by atoms with Crippen molar-refractivity contribution in [2.24, 2.45) is 0 Å². The molecule has 0 bridgehead atoms. The number of aromatic nitrogens is 4. The Morgan fingerprint density at radius 3 is 2.50 bits per heavy atom. The number of aliphatic carboxylic acids is 1. The number of rotatable bonds is 7. The quantitative estimate of drug-likeness (QED) is 0.817. The third-order valence-corrected chi connectivity index (χ3v) is 3.75. The van der Waals surface area contributed by atoms with Gasteiger partial charge in [-0.15, -0.1) is 10.2 Å². The molecule has 0 fully saturated rings. The summed E-state index contributed by atoms with van der Waals surface area (Å²) in [4.78, 5) is 25.9. The van der Waals surface area contributed by atoms with Crippen LogP contribution in [0.1, 0.15) is 26.3 Å². The molecule has 1 atom stereocenters. The normalized spacial score (nSPS) is 12.0. The van der Waals surface area contributed by atoms with E-state index in [1.807, 2.05) is 6.92 Å². The Kier molecular flexibility index (Phi) is 5.86. The van der Waals surface area contributed by atoms with Crippen molar-refractivity contribution < 1.29 is 14.7 Å². The van der Waals surface area contributed by atoms with E-state index in [1.54, 1.807) is 31.2 Å². The van der Waals surface area contributed by atoms with Gasteiger partial charge in [-0.05, 0) is 42.8 Å². The molecule has 128 valence electrons. The summed E-state index contributed by atoms with van der Waals surface area (Å²) in [5.74, 6) is -1.03. The third kappa shape index (κ3) is 4.08. The summed E-state index contributed by atoms with van der Waals surface area (Å²) in [5.41, 5.74) is 0.728. The molecule has 0 aliphatic rings. The average Bonchev–Trinajstić information content (AvgIpc) is 3.03. The van der Waals surface area contributed by atoms with Gasteiger partial charge in [0.05, 0.1) is 0 Å². The first-order chi connectivity index (χ1) is 11.5. The van der Waals surface area contributed by atoms with Crippen LogP contribution in [-0.4, -0.2) is 55.2 Å². The number of carboxylic acids is 1. The lowest BCUT2D eigenvalue weighted by Crippen LogP contribution is -2.40. The zero-order chi connectivity index (χ0) is 17.7. The predicted octanol–water partition coefficient (Wildman–Crippen LogP) is 1.88. The van der Waals surface area contributed by atoms with Crippen LogP contribution in [0.5, 0.6) is 0 Å². The Morgan fingerprint density at radius 2 is 1.96 bits per heavy atom. The molecular formula is C15H18ClN5O3.